The van der Waals surface area contributed by atoms with E-state index in [1.807, 2.05) is 24.6 Å². The lowest BCUT2D eigenvalue weighted by molar-refractivity contribution is 0.806. The predicted molar refractivity (Wildman–Crippen MR) is 69.7 cm³/mol. The van der Waals surface area contributed by atoms with E-state index >= 15 is 0 Å². The van der Waals surface area contributed by atoms with Gasteiger partial charge in [0, 0.05) is 25.0 Å². The van der Waals surface area contributed by atoms with Gasteiger partial charge in [-0.15, -0.1) is 0 Å². The summed E-state index contributed by atoms with van der Waals surface area (Å²) in [5, 5.41) is 8.19. The molecule has 0 bridgehead atoms. The van der Waals surface area contributed by atoms with Crippen LogP contribution in [0.15, 0.2) is 29.7 Å². The highest BCUT2D eigenvalue weighted by molar-refractivity contribution is 7.98. The van der Waals surface area contributed by atoms with Crippen molar-refractivity contribution in [2.45, 2.75) is 18.5 Å². The fraction of sp³-hybridized carbons (Fsp3) is 0.364. The molecule has 2 aromatic heterocycles. The van der Waals surface area contributed by atoms with E-state index in [0.29, 0.717) is 0 Å². The predicted octanol–water partition coefficient (Wildman–Crippen LogP) is 2.21. The second kappa shape index (κ2) is 5.67. The molecule has 17 heavy (non-hydrogen) atoms. The highest BCUT2D eigenvalue weighted by Gasteiger charge is 2.05. The van der Waals surface area contributed by atoms with E-state index in [1.54, 1.807) is 10.9 Å². The quantitative estimate of drug-likeness (QED) is 0.650. The van der Waals surface area contributed by atoms with Crippen LogP contribution in [0.4, 0.5) is 5.82 Å². The Hall–Kier alpha value is -1.56. The molecule has 0 saturated carbocycles. The van der Waals surface area contributed by atoms with Gasteiger partial charge in [-0.3, -0.25) is 0 Å². The molecule has 0 aliphatic rings. The Morgan fingerprint density at radius 2 is 2.29 bits per heavy atom. The van der Waals surface area contributed by atoms with E-state index in [9.17, 15) is 0 Å². The Labute approximate surface area is 105 Å². The first kappa shape index (κ1) is 11.9. The Morgan fingerprint density at radius 1 is 1.41 bits per heavy atom. The van der Waals surface area contributed by atoms with Gasteiger partial charge in [-0.1, -0.05) is 18.7 Å². The molecule has 0 spiro atoms. The third-order valence-electron chi connectivity index (χ3n) is 2.17. The van der Waals surface area contributed by atoms with Crippen LogP contribution in [0.25, 0.3) is 5.82 Å². The lowest BCUT2D eigenvalue weighted by atomic mass is 10.4. The van der Waals surface area contributed by atoms with Gasteiger partial charge >= 0.3 is 0 Å². The largest absolute Gasteiger partial charge is 0.370 e. The van der Waals surface area contributed by atoms with Gasteiger partial charge < -0.3 is 5.32 Å². The minimum Gasteiger partial charge on any atom is -0.370 e. The zero-order chi connectivity index (χ0) is 12.1. The molecule has 90 valence electrons. The van der Waals surface area contributed by atoms with Gasteiger partial charge in [-0.2, -0.15) is 5.10 Å². The molecule has 0 unspecified atom stereocenters. The summed E-state index contributed by atoms with van der Waals surface area (Å²) in [6, 6.07) is 3.78. The number of hydrogen-bond acceptors (Lipinski definition) is 5. The molecule has 0 aliphatic heterocycles. The molecule has 0 radical (unpaired) electrons. The second-order valence-corrected chi connectivity index (χ2v) is 4.25. The summed E-state index contributed by atoms with van der Waals surface area (Å²) in [7, 11) is 0. The maximum Gasteiger partial charge on any atom is 0.191 e. The summed E-state index contributed by atoms with van der Waals surface area (Å²) < 4.78 is 1.73. The highest BCUT2D eigenvalue weighted by Crippen LogP contribution is 2.16. The number of anilines is 1. The van der Waals surface area contributed by atoms with Gasteiger partial charge in [0.05, 0.1) is 0 Å². The summed E-state index contributed by atoms with van der Waals surface area (Å²) in [6.45, 7) is 3.03. The van der Waals surface area contributed by atoms with E-state index in [-0.39, 0.29) is 0 Å². The van der Waals surface area contributed by atoms with Gasteiger partial charge in [0.1, 0.15) is 5.82 Å². The maximum atomic E-state index is 4.41. The van der Waals surface area contributed by atoms with E-state index < -0.39 is 0 Å². The Kier molecular flexibility index (Phi) is 3.98. The smallest absolute Gasteiger partial charge is 0.191 e. The zero-order valence-electron chi connectivity index (χ0n) is 9.92. The van der Waals surface area contributed by atoms with E-state index in [2.05, 4.69) is 27.3 Å². The van der Waals surface area contributed by atoms with Crippen molar-refractivity contribution in [1.29, 1.82) is 0 Å². The standard InChI is InChI=1S/C11H15N5S/c1-3-5-12-9-8-10(15-11(14-9)17-2)16-7-4-6-13-16/h4,6-8H,3,5H2,1-2H3,(H,12,14,15). The molecule has 0 atom stereocenters. The number of thioether (sulfide) groups is 1. The summed E-state index contributed by atoms with van der Waals surface area (Å²) in [4.78, 5) is 8.81. The average molecular weight is 249 g/mol. The first-order valence-electron chi connectivity index (χ1n) is 5.50. The molecule has 0 aromatic carbocycles. The fourth-order valence-corrected chi connectivity index (χ4v) is 1.74. The number of nitrogens with one attached hydrogen (secondary N) is 1. The van der Waals surface area contributed by atoms with Crippen molar-refractivity contribution in [1.82, 2.24) is 19.7 Å². The van der Waals surface area contributed by atoms with E-state index in [1.165, 1.54) is 11.8 Å². The van der Waals surface area contributed by atoms with Crippen molar-refractivity contribution in [3.8, 4) is 5.82 Å². The Morgan fingerprint density at radius 3 is 2.94 bits per heavy atom. The van der Waals surface area contributed by atoms with Crippen LogP contribution in [0.5, 0.6) is 0 Å². The molecule has 2 heterocycles. The van der Waals surface area contributed by atoms with Gasteiger partial charge in [-0.25, -0.2) is 14.6 Å². The summed E-state index contributed by atoms with van der Waals surface area (Å²) in [5.41, 5.74) is 0. The number of hydrogen-bond donors (Lipinski definition) is 1. The van der Waals surface area contributed by atoms with Crippen molar-refractivity contribution in [3.63, 3.8) is 0 Å². The summed E-state index contributed by atoms with van der Waals surface area (Å²) in [6.07, 6.45) is 6.64. The second-order valence-electron chi connectivity index (χ2n) is 3.48. The van der Waals surface area contributed by atoms with Crippen molar-refractivity contribution >= 4 is 17.6 Å². The molecular weight excluding hydrogens is 234 g/mol. The molecule has 0 aliphatic carbocycles. The van der Waals surface area contributed by atoms with Gasteiger partial charge in [0.2, 0.25) is 0 Å². The van der Waals surface area contributed by atoms with Crippen molar-refractivity contribution in [3.05, 3.63) is 24.5 Å². The van der Waals surface area contributed by atoms with Crippen LogP contribution >= 0.6 is 11.8 Å². The molecule has 2 aromatic rings. The van der Waals surface area contributed by atoms with Crippen LogP contribution in [-0.2, 0) is 0 Å². The first-order chi connectivity index (χ1) is 8.33. The highest BCUT2D eigenvalue weighted by atomic mass is 32.2. The zero-order valence-corrected chi connectivity index (χ0v) is 10.7. The van der Waals surface area contributed by atoms with Crippen LogP contribution in [0, 0.1) is 0 Å². The topological polar surface area (TPSA) is 55.6 Å². The van der Waals surface area contributed by atoms with E-state index in [0.717, 1.165) is 29.8 Å². The summed E-state index contributed by atoms with van der Waals surface area (Å²) in [5.74, 6) is 1.63. The van der Waals surface area contributed by atoms with Crippen LogP contribution in [0.3, 0.4) is 0 Å². The van der Waals surface area contributed by atoms with Gasteiger partial charge in [0.25, 0.3) is 0 Å². The number of nitrogens with zero attached hydrogens (tertiary/aromatic N) is 4. The normalized spacial score (nSPS) is 10.5. The summed E-state index contributed by atoms with van der Waals surface area (Å²) >= 11 is 1.52. The van der Waals surface area contributed by atoms with Crippen LogP contribution in [0.2, 0.25) is 0 Å². The Bertz CT molecular complexity index is 469. The monoisotopic (exact) mass is 249 g/mol. The fourth-order valence-electron chi connectivity index (χ4n) is 1.37. The molecular formula is C11H15N5S. The first-order valence-corrected chi connectivity index (χ1v) is 6.73. The molecule has 5 nitrogen and oxygen atoms in total. The molecule has 6 heteroatoms. The number of aromatic nitrogens is 4. The lowest BCUT2D eigenvalue weighted by Crippen LogP contribution is -2.06. The number of rotatable bonds is 5. The van der Waals surface area contributed by atoms with Crippen LogP contribution in [0.1, 0.15) is 13.3 Å². The van der Waals surface area contributed by atoms with Crippen molar-refractivity contribution < 1.29 is 0 Å². The van der Waals surface area contributed by atoms with Crippen LogP contribution < -0.4 is 5.32 Å². The molecule has 0 fully saturated rings. The molecule has 0 amide bonds. The molecule has 2 rings (SSSR count). The van der Waals surface area contributed by atoms with Gasteiger partial charge in [-0.05, 0) is 18.7 Å². The third-order valence-corrected chi connectivity index (χ3v) is 2.72. The minimum absolute atomic E-state index is 0.747. The molecule has 1 N–H and O–H groups in total. The Balaban J connectivity index is 2.32. The van der Waals surface area contributed by atoms with Crippen molar-refractivity contribution in [2.24, 2.45) is 0 Å². The average Bonchev–Trinajstić information content (AvgIpc) is 2.89. The van der Waals surface area contributed by atoms with E-state index in [4.69, 9.17) is 0 Å². The lowest BCUT2D eigenvalue weighted by Gasteiger charge is -2.08. The van der Waals surface area contributed by atoms with Crippen LogP contribution in [-0.4, -0.2) is 32.5 Å². The van der Waals surface area contributed by atoms with Crippen molar-refractivity contribution in [2.75, 3.05) is 18.1 Å². The minimum atomic E-state index is 0.747. The third kappa shape index (κ3) is 2.97. The maximum absolute atomic E-state index is 4.41. The SMILES string of the molecule is CCCNc1cc(-n2cccn2)nc(SC)n1. The van der Waals surface area contributed by atoms with Gasteiger partial charge in [0.15, 0.2) is 11.0 Å². The molecule has 0 saturated heterocycles.